The summed E-state index contributed by atoms with van der Waals surface area (Å²) in [7, 11) is 0. The Hall–Kier alpha value is -1.57. The maximum Gasteiger partial charge on any atom is 0.256 e. The zero-order valence-corrected chi connectivity index (χ0v) is 27.7. The summed E-state index contributed by atoms with van der Waals surface area (Å²) in [5.41, 5.74) is 1.41. The van der Waals surface area contributed by atoms with Crippen LogP contribution >= 0.6 is 0 Å². The zero-order valence-electron chi connectivity index (χ0n) is 27.7. The monoisotopic (exact) mass is 566 g/mol. The fraction of sp³-hybridized carbons (Fsp3) is 0.769. The minimum absolute atomic E-state index is 1.000. The molecule has 0 atom stereocenters. The number of imidazole rings is 1. The highest BCUT2D eigenvalue weighted by molar-refractivity contribution is 5.13. The Labute approximate surface area is 256 Å². The van der Waals surface area contributed by atoms with Gasteiger partial charge in [-0.2, -0.15) is 0 Å². The average Bonchev–Trinajstić information content (AvgIpc) is 3.37. The molecule has 0 saturated heterocycles. The Bertz CT molecular complexity index is 808. The number of unbranched alkanes of at least 4 members (excludes halogenated alkanes) is 23. The molecule has 0 saturated carbocycles. The molecule has 1 aromatic carbocycles. The van der Waals surface area contributed by atoms with E-state index in [0.717, 1.165) is 6.54 Å². The fourth-order valence-corrected chi connectivity index (χ4v) is 6.34. The molecule has 0 unspecified atom stereocenters. The van der Waals surface area contributed by atoms with Crippen molar-refractivity contribution in [2.45, 2.75) is 194 Å². The minimum atomic E-state index is 1.000. The maximum absolute atomic E-state index is 2.58. The van der Waals surface area contributed by atoms with Crippen molar-refractivity contribution in [2.75, 3.05) is 0 Å². The van der Waals surface area contributed by atoms with E-state index in [4.69, 9.17) is 0 Å². The van der Waals surface area contributed by atoms with Crippen LogP contribution in [0.15, 0.2) is 42.7 Å². The van der Waals surface area contributed by atoms with Gasteiger partial charge in [-0.05, 0) is 24.8 Å². The van der Waals surface area contributed by atoms with Gasteiger partial charge in [0.15, 0.2) is 0 Å². The lowest BCUT2D eigenvalue weighted by Gasteiger charge is -2.07. The second-order valence-corrected chi connectivity index (χ2v) is 12.9. The molecule has 0 spiro atoms. The third-order valence-corrected chi connectivity index (χ3v) is 9.04. The van der Waals surface area contributed by atoms with Gasteiger partial charge in [0.05, 0.1) is 6.54 Å². The van der Waals surface area contributed by atoms with Crippen molar-refractivity contribution in [1.29, 1.82) is 0 Å². The molecule has 0 aliphatic rings. The average molecular weight is 566 g/mol. The first-order valence-electron chi connectivity index (χ1n) is 18.5. The van der Waals surface area contributed by atoms with Gasteiger partial charge >= 0.3 is 0 Å². The van der Waals surface area contributed by atoms with Gasteiger partial charge in [0.2, 0.25) is 0 Å². The molecule has 2 aromatic rings. The normalized spacial score (nSPS) is 11.5. The molecule has 2 nitrogen and oxygen atoms in total. The summed E-state index contributed by atoms with van der Waals surface area (Å²) in [6.45, 7) is 6.80. The van der Waals surface area contributed by atoms with Crippen molar-refractivity contribution in [2.24, 2.45) is 0 Å². The predicted molar refractivity (Wildman–Crippen MR) is 181 cm³/mol. The number of nitrogens with zero attached hydrogens (tertiary/aromatic N) is 2. The van der Waals surface area contributed by atoms with Crippen LogP contribution in [0.3, 0.4) is 0 Å². The van der Waals surface area contributed by atoms with Crippen LogP contribution in [0.1, 0.15) is 186 Å². The zero-order chi connectivity index (χ0) is 29.1. The molecular formula is C39H69N2+. The summed E-state index contributed by atoms with van der Waals surface area (Å²) < 4.78 is 5.10. The van der Waals surface area contributed by atoms with Crippen LogP contribution < -0.4 is 4.57 Å². The second-order valence-electron chi connectivity index (χ2n) is 12.9. The van der Waals surface area contributed by atoms with Crippen molar-refractivity contribution in [3.8, 4) is 0 Å². The SMILES string of the molecule is CCCCCCCCCCCCCCCCCCc1n(CCCCCCCCCCC)cc[n+]1Cc1ccccc1. The van der Waals surface area contributed by atoms with Crippen LogP contribution in [0.25, 0.3) is 0 Å². The van der Waals surface area contributed by atoms with Crippen molar-refractivity contribution in [3.63, 3.8) is 0 Å². The lowest BCUT2D eigenvalue weighted by Crippen LogP contribution is -2.37. The highest BCUT2D eigenvalue weighted by atomic mass is 15.1. The van der Waals surface area contributed by atoms with Crippen LogP contribution in [0.2, 0.25) is 0 Å². The van der Waals surface area contributed by atoms with Crippen LogP contribution in [0, 0.1) is 0 Å². The molecule has 0 amide bonds. The third-order valence-electron chi connectivity index (χ3n) is 9.04. The second kappa shape index (κ2) is 26.1. The highest BCUT2D eigenvalue weighted by Crippen LogP contribution is 2.15. The van der Waals surface area contributed by atoms with E-state index in [0.29, 0.717) is 0 Å². The largest absolute Gasteiger partial charge is 0.256 e. The number of hydrogen-bond acceptors (Lipinski definition) is 0. The number of aryl methyl sites for hydroxylation is 1. The summed E-state index contributed by atoms with van der Waals surface area (Å²) in [4.78, 5) is 0. The summed E-state index contributed by atoms with van der Waals surface area (Å²) in [6.07, 6.45) is 41.5. The molecule has 234 valence electrons. The molecule has 0 bridgehead atoms. The summed E-state index contributed by atoms with van der Waals surface area (Å²) in [5, 5.41) is 0. The van der Waals surface area contributed by atoms with Gasteiger partial charge in [-0.1, -0.05) is 185 Å². The molecule has 2 rings (SSSR count). The lowest BCUT2D eigenvalue weighted by molar-refractivity contribution is -0.695. The van der Waals surface area contributed by atoms with E-state index >= 15 is 0 Å². The first-order valence-corrected chi connectivity index (χ1v) is 18.5. The van der Waals surface area contributed by atoms with Gasteiger partial charge in [0.1, 0.15) is 18.9 Å². The summed E-state index contributed by atoms with van der Waals surface area (Å²) in [6, 6.07) is 11.0. The topological polar surface area (TPSA) is 8.81 Å². The van der Waals surface area contributed by atoms with Crippen molar-refractivity contribution in [3.05, 3.63) is 54.1 Å². The number of benzene rings is 1. The summed E-state index contributed by atoms with van der Waals surface area (Å²) in [5.74, 6) is 1.54. The van der Waals surface area contributed by atoms with Gasteiger partial charge in [-0.25, -0.2) is 9.13 Å². The fourth-order valence-electron chi connectivity index (χ4n) is 6.34. The first kappa shape index (κ1) is 35.6. The molecule has 0 radical (unpaired) electrons. The van der Waals surface area contributed by atoms with E-state index in [1.165, 1.54) is 179 Å². The van der Waals surface area contributed by atoms with Gasteiger partial charge in [0.25, 0.3) is 5.82 Å². The van der Waals surface area contributed by atoms with E-state index in [-0.39, 0.29) is 0 Å². The standard InChI is InChI=1S/C39H69N2/c1-3-5-7-9-11-13-14-15-16-17-18-19-20-22-24-29-33-39-40(34-30-25-23-21-12-10-8-6-4-2)35-36-41(39)37-38-31-27-26-28-32-38/h26-28,31-32,35-36H,3-25,29-30,33-34,37H2,1-2H3/q+1. The molecule has 0 fully saturated rings. The van der Waals surface area contributed by atoms with Gasteiger partial charge in [-0.3, -0.25) is 0 Å². The minimum Gasteiger partial charge on any atom is -0.234 e. The van der Waals surface area contributed by atoms with E-state index in [9.17, 15) is 0 Å². The van der Waals surface area contributed by atoms with Crippen LogP contribution in [-0.4, -0.2) is 4.57 Å². The molecule has 2 heteroatoms. The predicted octanol–water partition coefficient (Wildman–Crippen LogP) is 12.2. The molecule has 1 aromatic heterocycles. The lowest BCUT2D eigenvalue weighted by atomic mass is 10.0. The van der Waals surface area contributed by atoms with E-state index in [1.807, 2.05) is 0 Å². The van der Waals surface area contributed by atoms with Crippen molar-refractivity contribution >= 4 is 0 Å². The number of rotatable bonds is 29. The van der Waals surface area contributed by atoms with Crippen LogP contribution in [0.4, 0.5) is 0 Å². The number of aromatic nitrogens is 2. The Morgan fingerprint density at radius 1 is 0.488 bits per heavy atom. The smallest absolute Gasteiger partial charge is 0.234 e. The van der Waals surface area contributed by atoms with E-state index in [1.54, 1.807) is 5.82 Å². The van der Waals surface area contributed by atoms with Gasteiger partial charge in [0, 0.05) is 6.42 Å². The highest BCUT2D eigenvalue weighted by Gasteiger charge is 2.17. The van der Waals surface area contributed by atoms with Crippen LogP contribution in [-0.2, 0) is 19.5 Å². The Balaban J connectivity index is 1.59. The van der Waals surface area contributed by atoms with E-state index < -0.39 is 0 Å². The molecule has 41 heavy (non-hydrogen) atoms. The maximum atomic E-state index is 2.58. The molecule has 0 N–H and O–H groups in total. The van der Waals surface area contributed by atoms with Crippen molar-refractivity contribution in [1.82, 2.24) is 4.57 Å². The Morgan fingerprint density at radius 2 is 0.902 bits per heavy atom. The molecule has 1 heterocycles. The Morgan fingerprint density at radius 3 is 1.37 bits per heavy atom. The van der Waals surface area contributed by atoms with Gasteiger partial charge < -0.3 is 0 Å². The third kappa shape index (κ3) is 18.6. The summed E-state index contributed by atoms with van der Waals surface area (Å²) >= 11 is 0. The van der Waals surface area contributed by atoms with Crippen molar-refractivity contribution < 1.29 is 4.57 Å². The first-order chi connectivity index (χ1) is 20.3. The quantitative estimate of drug-likeness (QED) is 0.0685. The van der Waals surface area contributed by atoms with E-state index in [2.05, 4.69) is 65.7 Å². The van der Waals surface area contributed by atoms with Crippen LogP contribution in [0.5, 0.6) is 0 Å². The van der Waals surface area contributed by atoms with Gasteiger partial charge in [-0.15, -0.1) is 0 Å². The Kier molecular flexibility index (Phi) is 22.7. The molecule has 0 aliphatic carbocycles. The number of hydrogen-bond donors (Lipinski definition) is 0. The molecular weight excluding hydrogens is 496 g/mol. The molecule has 0 aliphatic heterocycles.